The van der Waals surface area contributed by atoms with E-state index in [1.54, 1.807) is 0 Å². The average molecular weight is 303 g/mol. The smallest absolute Gasteiger partial charge is 0.0264 e. The average Bonchev–Trinajstić information content (AvgIpc) is 2.23. The molecule has 114 valence electrons. The van der Waals surface area contributed by atoms with E-state index in [1.807, 2.05) is 0 Å². The first-order valence-electron chi connectivity index (χ1n) is 7.74. The fraction of sp³-hybridized carbons (Fsp3) is 1.00. The number of rotatable bonds is 5. The van der Waals surface area contributed by atoms with Crippen LogP contribution in [-0.2, 0) is 11.8 Å². The molecule has 3 heteroatoms. The Morgan fingerprint density at radius 1 is 0.947 bits per heavy atom. The molecule has 1 fully saturated rings. The molecule has 1 heterocycles. The first-order chi connectivity index (χ1) is 8.39. The van der Waals surface area contributed by atoms with Crippen LogP contribution in [0.5, 0.6) is 0 Å². The molecule has 1 rings (SSSR count). The molecule has 0 aromatic heterocycles. The summed E-state index contributed by atoms with van der Waals surface area (Å²) in [4.78, 5) is 0. The van der Waals surface area contributed by atoms with E-state index in [0.29, 0.717) is 28.1 Å². The molecule has 0 aliphatic carbocycles. The molecule has 0 bridgehead atoms. The van der Waals surface area contributed by atoms with Gasteiger partial charge in [0, 0.05) is 29.6 Å². The second-order valence-corrected chi connectivity index (χ2v) is 13.9. The van der Waals surface area contributed by atoms with Crippen LogP contribution in [0.3, 0.4) is 0 Å². The van der Waals surface area contributed by atoms with Crippen LogP contribution in [0.25, 0.3) is 0 Å². The largest absolute Gasteiger partial charge is 0.274 e. The Hall–Kier alpha value is 0.610. The lowest BCUT2D eigenvalue weighted by Crippen LogP contribution is -2.62. The molecule has 0 atom stereocenters. The Morgan fingerprint density at radius 3 is 1.53 bits per heavy atom. The zero-order valence-corrected chi connectivity index (χ0v) is 16.2. The fourth-order valence-corrected chi connectivity index (χ4v) is 10.8. The van der Waals surface area contributed by atoms with E-state index in [9.17, 15) is 0 Å². The van der Waals surface area contributed by atoms with Crippen LogP contribution in [0.1, 0.15) is 62.3 Å². The van der Waals surface area contributed by atoms with Crippen molar-refractivity contribution in [2.75, 3.05) is 13.1 Å². The summed E-state index contributed by atoms with van der Waals surface area (Å²) in [7, 11) is 0. The van der Waals surface area contributed by atoms with Gasteiger partial charge in [-0.2, -0.15) is 0 Å². The summed E-state index contributed by atoms with van der Waals surface area (Å²) in [6.07, 6.45) is -1.51. The topological polar surface area (TPSA) is 3.24 Å². The van der Waals surface area contributed by atoms with Crippen LogP contribution in [0, 0.1) is 17.8 Å². The van der Waals surface area contributed by atoms with E-state index in [0.717, 1.165) is 13.1 Å². The van der Waals surface area contributed by atoms with Crippen molar-refractivity contribution in [1.29, 1.82) is 0 Å². The molecule has 1 aliphatic heterocycles. The normalized spacial score (nSPS) is 32.9. The highest BCUT2D eigenvalue weighted by molar-refractivity contribution is 8.15. The molecule has 0 spiro atoms. The molecule has 19 heavy (non-hydrogen) atoms. The maximum absolute atomic E-state index is 6.38. The molecule has 1 saturated heterocycles. The summed E-state index contributed by atoms with van der Waals surface area (Å²) < 4.78 is 2.72. The van der Waals surface area contributed by atoms with Gasteiger partial charge in [0.1, 0.15) is 0 Å². The Balaban J connectivity index is 3.16. The van der Waals surface area contributed by atoms with Gasteiger partial charge in [0.05, 0.1) is 0 Å². The van der Waals surface area contributed by atoms with Gasteiger partial charge in [-0.3, -0.25) is 4.67 Å². The van der Waals surface area contributed by atoms with Crippen LogP contribution in [0.4, 0.5) is 0 Å². The molecule has 1 nitrogen and oxygen atoms in total. The minimum atomic E-state index is -1.51. The minimum absolute atomic E-state index is 0.315. The first-order valence-corrected chi connectivity index (χ1v) is 10.5. The van der Waals surface area contributed by atoms with Gasteiger partial charge in [-0.05, 0) is 17.8 Å². The van der Waals surface area contributed by atoms with Crippen molar-refractivity contribution in [2.24, 2.45) is 17.8 Å². The van der Waals surface area contributed by atoms with Gasteiger partial charge in [-0.25, -0.2) is 0 Å². The molecule has 0 amide bonds. The van der Waals surface area contributed by atoms with Crippen molar-refractivity contribution in [3.05, 3.63) is 0 Å². The molecular formula is C16H34NPS. The lowest BCUT2D eigenvalue weighted by atomic mass is 9.83. The van der Waals surface area contributed by atoms with Crippen LogP contribution in [0.15, 0.2) is 0 Å². The van der Waals surface area contributed by atoms with E-state index in [4.69, 9.17) is 11.8 Å². The quantitative estimate of drug-likeness (QED) is 0.642. The molecule has 0 aromatic rings. The van der Waals surface area contributed by atoms with Crippen molar-refractivity contribution in [2.45, 2.75) is 72.6 Å². The van der Waals surface area contributed by atoms with Crippen molar-refractivity contribution in [3.8, 4) is 0 Å². The summed E-state index contributed by atoms with van der Waals surface area (Å²) in [5, 5.41) is 0.630. The molecule has 0 radical (unpaired) electrons. The van der Waals surface area contributed by atoms with Crippen LogP contribution in [0.2, 0.25) is 0 Å². The number of nitrogens with zero attached hydrogens (tertiary/aromatic N) is 1. The highest BCUT2D eigenvalue weighted by atomic mass is 32.4. The monoisotopic (exact) mass is 303 g/mol. The third-order valence-corrected chi connectivity index (χ3v) is 13.8. The summed E-state index contributed by atoms with van der Waals surface area (Å²) >= 11 is 6.38. The Bertz CT molecular complexity index is 341. The second kappa shape index (κ2) is 5.43. The molecule has 1 aliphatic rings. The maximum atomic E-state index is 6.38. The molecule has 0 N–H and O–H groups in total. The van der Waals surface area contributed by atoms with Gasteiger partial charge >= 0.3 is 0 Å². The summed E-state index contributed by atoms with van der Waals surface area (Å²) in [5.74, 6) is 2.11. The molecule has 0 saturated carbocycles. The summed E-state index contributed by atoms with van der Waals surface area (Å²) in [5.41, 5.74) is 0. The number of hydrogen-bond acceptors (Lipinski definition) is 1. The van der Waals surface area contributed by atoms with Crippen molar-refractivity contribution in [3.63, 3.8) is 0 Å². The second-order valence-electron chi connectivity index (χ2n) is 8.26. The van der Waals surface area contributed by atoms with Crippen LogP contribution >= 0.6 is 6.19 Å². The third-order valence-electron chi connectivity index (χ3n) is 5.23. The van der Waals surface area contributed by atoms with Crippen LogP contribution < -0.4 is 0 Å². The fourth-order valence-electron chi connectivity index (χ4n) is 3.94. The van der Waals surface area contributed by atoms with Gasteiger partial charge in [-0.15, -0.1) is 0 Å². The maximum Gasteiger partial charge on any atom is 0.0264 e. The van der Waals surface area contributed by atoms with E-state index in [1.165, 1.54) is 0 Å². The predicted molar refractivity (Wildman–Crippen MR) is 92.9 cm³/mol. The molecular weight excluding hydrogens is 269 g/mol. The van der Waals surface area contributed by atoms with E-state index >= 15 is 0 Å². The summed E-state index contributed by atoms with van der Waals surface area (Å²) in [6.45, 7) is 23.6. The lowest BCUT2D eigenvalue weighted by Gasteiger charge is -2.69. The van der Waals surface area contributed by atoms with Gasteiger partial charge < -0.3 is 0 Å². The third kappa shape index (κ3) is 2.58. The summed E-state index contributed by atoms with van der Waals surface area (Å²) in [6, 6.07) is 0. The SMILES string of the molecule is CC(C)CN(CC(C)C)P1(=S)C(C)(C)C(C)C1(C)C. The van der Waals surface area contributed by atoms with Crippen LogP contribution in [-0.4, -0.2) is 28.1 Å². The zero-order chi connectivity index (χ0) is 15.2. The van der Waals surface area contributed by atoms with Crippen molar-refractivity contribution in [1.82, 2.24) is 4.67 Å². The van der Waals surface area contributed by atoms with Crippen molar-refractivity contribution >= 4 is 18.0 Å². The highest BCUT2D eigenvalue weighted by Gasteiger charge is 2.66. The Morgan fingerprint density at radius 2 is 1.26 bits per heavy atom. The van der Waals surface area contributed by atoms with E-state index in [2.05, 4.69) is 67.0 Å². The van der Waals surface area contributed by atoms with E-state index in [-0.39, 0.29) is 0 Å². The van der Waals surface area contributed by atoms with Gasteiger partial charge in [0.25, 0.3) is 0 Å². The Labute approximate surface area is 126 Å². The lowest BCUT2D eigenvalue weighted by molar-refractivity contribution is 0.245. The molecule has 0 aromatic carbocycles. The highest BCUT2D eigenvalue weighted by Crippen LogP contribution is 2.83. The van der Waals surface area contributed by atoms with Gasteiger partial charge in [0.2, 0.25) is 0 Å². The number of hydrogen-bond donors (Lipinski definition) is 0. The minimum Gasteiger partial charge on any atom is -0.274 e. The first kappa shape index (κ1) is 17.7. The zero-order valence-electron chi connectivity index (χ0n) is 14.4. The van der Waals surface area contributed by atoms with Gasteiger partial charge in [-0.1, -0.05) is 74.1 Å². The molecule has 0 unspecified atom stereocenters. The Kier molecular flexibility index (Phi) is 5.04. The van der Waals surface area contributed by atoms with Crippen molar-refractivity contribution < 1.29 is 0 Å². The van der Waals surface area contributed by atoms with E-state index < -0.39 is 6.19 Å². The van der Waals surface area contributed by atoms with Gasteiger partial charge in [0.15, 0.2) is 0 Å². The standard InChI is InChI=1S/C16H34NPS/c1-12(2)10-17(11-13(3)4)18(19)15(6,7)14(5)16(18,8)9/h12-14H,10-11H2,1-9H3. The predicted octanol–water partition coefficient (Wildman–Crippen LogP) is 5.20.